The highest BCUT2D eigenvalue weighted by atomic mass is 16.7. The minimum Gasteiger partial charge on any atom is -0.497 e. The highest BCUT2D eigenvalue weighted by Gasteiger charge is 2.32. The molecule has 1 aliphatic rings. The Bertz CT molecular complexity index is 438. The Morgan fingerprint density at radius 3 is 2.74 bits per heavy atom. The summed E-state index contributed by atoms with van der Waals surface area (Å²) in [6, 6.07) is 10.5. The van der Waals surface area contributed by atoms with Gasteiger partial charge >= 0.3 is 0 Å². The molecule has 2 unspecified atom stereocenters. The molecule has 1 saturated heterocycles. The fourth-order valence-electron chi connectivity index (χ4n) is 2.41. The summed E-state index contributed by atoms with van der Waals surface area (Å²) in [6.45, 7) is 2.87. The molecule has 4 heteroatoms. The number of hydroxylamine groups is 2. The van der Waals surface area contributed by atoms with Gasteiger partial charge in [-0.1, -0.05) is 25.5 Å². The quantitative estimate of drug-likeness (QED) is 0.816. The molecule has 0 N–H and O–H groups in total. The normalized spacial score (nSPS) is 23.2. The Morgan fingerprint density at radius 2 is 2.16 bits per heavy atom. The molecule has 102 valence electrons. The molecule has 1 fully saturated rings. The first kappa shape index (κ1) is 13.9. The Morgan fingerprint density at radius 1 is 1.42 bits per heavy atom. The number of hydrogen-bond acceptors (Lipinski definition) is 4. The SMILES string of the molecule is CCCC1CC(C#N)ON1Cc1ccc(OC)cc1. The van der Waals surface area contributed by atoms with Gasteiger partial charge in [-0.15, -0.1) is 0 Å². The second-order valence-corrected chi connectivity index (χ2v) is 4.82. The van der Waals surface area contributed by atoms with Gasteiger partial charge in [0.1, 0.15) is 5.75 Å². The molecule has 1 aromatic carbocycles. The van der Waals surface area contributed by atoms with Crippen LogP contribution < -0.4 is 4.74 Å². The highest BCUT2D eigenvalue weighted by Crippen LogP contribution is 2.26. The van der Waals surface area contributed by atoms with Crippen LogP contribution in [0, 0.1) is 11.3 Å². The molecule has 1 aromatic rings. The average Bonchev–Trinajstić information content (AvgIpc) is 2.82. The van der Waals surface area contributed by atoms with Crippen LogP contribution >= 0.6 is 0 Å². The van der Waals surface area contributed by atoms with Gasteiger partial charge in [0.15, 0.2) is 6.10 Å². The van der Waals surface area contributed by atoms with E-state index in [2.05, 4.69) is 13.0 Å². The first-order valence-corrected chi connectivity index (χ1v) is 6.72. The van der Waals surface area contributed by atoms with Gasteiger partial charge in [0.25, 0.3) is 0 Å². The maximum Gasteiger partial charge on any atom is 0.167 e. The third-order valence-electron chi connectivity index (χ3n) is 3.42. The van der Waals surface area contributed by atoms with E-state index in [9.17, 15) is 0 Å². The average molecular weight is 260 g/mol. The van der Waals surface area contributed by atoms with Crippen LogP contribution in [0.3, 0.4) is 0 Å². The van der Waals surface area contributed by atoms with E-state index in [0.717, 1.165) is 25.0 Å². The van der Waals surface area contributed by atoms with Crippen LogP contribution in [0.25, 0.3) is 0 Å². The third-order valence-corrected chi connectivity index (χ3v) is 3.42. The fourth-order valence-corrected chi connectivity index (χ4v) is 2.41. The standard InChI is InChI=1S/C15H20N2O2/c1-3-4-13-9-15(10-16)19-17(13)11-12-5-7-14(18-2)8-6-12/h5-8,13,15H,3-4,9,11H2,1-2H3. The largest absolute Gasteiger partial charge is 0.497 e. The zero-order valence-corrected chi connectivity index (χ0v) is 11.5. The van der Waals surface area contributed by atoms with Crippen molar-refractivity contribution < 1.29 is 9.57 Å². The van der Waals surface area contributed by atoms with E-state index in [4.69, 9.17) is 14.8 Å². The Kier molecular flexibility index (Phi) is 4.78. The van der Waals surface area contributed by atoms with E-state index in [1.165, 1.54) is 5.56 Å². The lowest BCUT2D eigenvalue weighted by Crippen LogP contribution is -2.27. The number of rotatable bonds is 5. The van der Waals surface area contributed by atoms with Crippen molar-refractivity contribution in [1.29, 1.82) is 5.26 Å². The second-order valence-electron chi connectivity index (χ2n) is 4.82. The second kappa shape index (κ2) is 6.55. The first-order valence-electron chi connectivity index (χ1n) is 6.72. The molecule has 0 saturated carbocycles. The molecule has 0 spiro atoms. The smallest absolute Gasteiger partial charge is 0.167 e. The molecule has 0 radical (unpaired) electrons. The van der Waals surface area contributed by atoms with Gasteiger partial charge < -0.3 is 4.74 Å². The summed E-state index contributed by atoms with van der Waals surface area (Å²) >= 11 is 0. The molecule has 19 heavy (non-hydrogen) atoms. The molecule has 2 rings (SSSR count). The van der Waals surface area contributed by atoms with Crippen molar-refractivity contribution in [2.24, 2.45) is 0 Å². The third kappa shape index (κ3) is 3.46. The highest BCUT2D eigenvalue weighted by molar-refractivity contribution is 5.27. The number of benzene rings is 1. The van der Waals surface area contributed by atoms with Crippen LogP contribution in [0.4, 0.5) is 0 Å². The molecule has 4 nitrogen and oxygen atoms in total. The minimum atomic E-state index is -0.296. The Hall–Kier alpha value is -1.57. The molecule has 1 heterocycles. The number of methoxy groups -OCH3 is 1. The van der Waals surface area contributed by atoms with Crippen molar-refractivity contribution >= 4 is 0 Å². The predicted octanol–water partition coefficient (Wildman–Crippen LogP) is 2.89. The number of hydrogen-bond donors (Lipinski definition) is 0. The lowest BCUT2D eigenvalue weighted by molar-refractivity contribution is -0.157. The van der Waals surface area contributed by atoms with Crippen molar-refractivity contribution in [3.05, 3.63) is 29.8 Å². The summed E-state index contributed by atoms with van der Waals surface area (Å²) in [5, 5.41) is 10.9. The summed E-state index contributed by atoms with van der Waals surface area (Å²) in [4.78, 5) is 5.68. The summed E-state index contributed by atoms with van der Waals surface area (Å²) in [5.41, 5.74) is 1.17. The Labute approximate surface area is 114 Å². The molecular weight excluding hydrogens is 240 g/mol. The maximum atomic E-state index is 8.99. The van der Waals surface area contributed by atoms with Gasteiger partial charge in [-0.3, -0.25) is 4.84 Å². The minimum absolute atomic E-state index is 0.296. The summed E-state index contributed by atoms with van der Waals surface area (Å²) in [7, 11) is 1.66. The molecule has 1 aliphatic heterocycles. The topological polar surface area (TPSA) is 45.5 Å². The van der Waals surface area contributed by atoms with E-state index in [1.54, 1.807) is 7.11 Å². The number of ether oxygens (including phenoxy) is 1. The van der Waals surface area contributed by atoms with Gasteiger partial charge in [-0.25, -0.2) is 0 Å². The number of nitrogens with zero attached hydrogens (tertiary/aromatic N) is 2. The van der Waals surface area contributed by atoms with Crippen molar-refractivity contribution in [1.82, 2.24) is 5.06 Å². The van der Waals surface area contributed by atoms with Crippen LogP contribution in [0.5, 0.6) is 5.75 Å². The number of nitriles is 1. The summed E-state index contributed by atoms with van der Waals surface area (Å²) in [5.74, 6) is 0.853. The molecular formula is C15H20N2O2. The predicted molar refractivity (Wildman–Crippen MR) is 72.3 cm³/mol. The molecule has 0 aliphatic carbocycles. The van der Waals surface area contributed by atoms with Crippen molar-refractivity contribution in [3.63, 3.8) is 0 Å². The summed E-state index contributed by atoms with van der Waals surface area (Å²) in [6.07, 6.45) is 2.68. The van der Waals surface area contributed by atoms with Gasteiger partial charge in [0.2, 0.25) is 0 Å². The van der Waals surface area contributed by atoms with E-state index >= 15 is 0 Å². The molecule has 0 amide bonds. The van der Waals surface area contributed by atoms with E-state index in [1.807, 2.05) is 29.3 Å². The van der Waals surface area contributed by atoms with Crippen LogP contribution in [0.15, 0.2) is 24.3 Å². The van der Waals surface area contributed by atoms with E-state index in [-0.39, 0.29) is 6.10 Å². The lowest BCUT2D eigenvalue weighted by atomic mass is 10.1. The van der Waals surface area contributed by atoms with E-state index < -0.39 is 0 Å². The van der Waals surface area contributed by atoms with Gasteiger partial charge in [0.05, 0.1) is 13.2 Å². The zero-order valence-electron chi connectivity index (χ0n) is 11.5. The Balaban J connectivity index is 2.01. The molecule has 2 atom stereocenters. The van der Waals surface area contributed by atoms with Gasteiger partial charge in [-0.05, 0) is 24.1 Å². The van der Waals surface area contributed by atoms with Crippen LogP contribution in [0.1, 0.15) is 31.7 Å². The van der Waals surface area contributed by atoms with Crippen molar-refractivity contribution in [2.45, 2.75) is 44.9 Å². The monoisotopic (exact) mass is 260 g/mol. The van der Waals surface area contributed by atoms with Gasteiger partial charge in [-0.2, -0.15) is 10.3 Å². The van der Waals surface area contributed by atoms with Crippen LogP contribution in [-0.2, 0) is 11.4 Å². The van der Waals surface area contributed by atoms with Crippen LogP contribution in [-0.4, -0.2) is 24.3 Å². The fraction of sp³-hybridized carbons (Fsp3) is 0.533. The van der Waals surface area contributed by atoms with Crippen molar-refractivity contribution in [2.75, 3.05) is 7.11 Å². The summed E-state index contributed by atoms with van der Waals surface area (Å²) < 4.78 is 5.15. The lowest BCUT2D eigenvalue weighted by Gasteiger charge is -2.22. The maximum absolute atomic E-state index is 8.99. The van der Waals surface area contributed by atoms with Gasteiger partial charge in [0, 0.05) is 19.0 Å². The first-order chi connectivity index (χ1) is 9.26. The van der Waals surface area contributed by atoms with Crippen molar-refractivity contribution in [3.8, 4) is 11.8 Å². The van der Waals surface area contributed by atoms with Crippen LogP contribution in [0.2, 0.25) is 0 Å². The molecule has 0 aromatic heterocycles. The zero-order chi connectivity index (χ0) is 13.7. The van der Waals surface area contributed by atoms with E-state index in [0.29, 0.717) is 12.6 Å². The molecule has 0 bridgehead atoms.